The quantitative estimate of drug-likeness (QED) is 0.752. The molecule has 0 aliphatic heterocycles. The fourth-order valence-electron chi connectivity index (χ4n) is 1.87. The van der Waals surface area contributed by atoms with E-state index in [0.29, 0.717) is 30.4 Å². The van der Waals surface area contributed by atoms with E-state index in [0.717, 1.165) is 0 Å². The molecule has 2 aromatic carbocycles. The molecule has 0 radical (unpaired) electrons. The summed E-state index contributed by atoms with van der Waals surface area (Å²) in [7, 11) is -3.64. The zero-order valence-electron chi connectivity index (χ0n) is 12.9. The maximum atomic E-state index is 12.3. The molecule has 6 heteroatoms. The third kappa shape index (κ3) is 4.75. The fraction of sp³-hybridized carbons (Fsp3) is 0.176. The molecule has 1 N–H and O–H groups in total. The van der Waals surface area contributed by atoms with Crippen LogP contribution in [-0.2, 0) is 10.0 Å². The lowest BCUT2D eigenvalue weighted by molar-refractivity contribution is 0.340. The molecule has 0 saturated carbocycles. The second-order valence-electron chi connectivity index (χ2n) is 4.63. The Morgan fingerprint density at radius 2 is 1.57 bits per heavy atom. The molecule has 0 spiro atoms. The van der Waals surface area contributed by atoms with Crippen molar-refractivity contribution in [2.24, 2.45) is 0 Å². The van der Waals surface area contributed by atoms with E-state index >= 15 is 0 Å². The van der Waals surface area contributed by atoms with Crippen LogP contribution in [-0.4, -0.2) is 21.6 Å². The van der Waals surface area contributed by atoms with Crippen molar-refractivity contribution in [2.45, 2.75) is 11.8 Å². The average molecular weight is 333 g/mol. The van der Waals surface area contributed by atoms with Crippen LogP contribution in [0.25, 0.3) is 0 Å². The maximum Gasteiger partial charge on any atom is 0.261 e. The molecular formula is C17H19NO4S. The van der Waals surface area contributed by atoms with E-state index in [1.165, 1.54) is 12.1 Å². The summed E-state index contributed by atoms with van der Waals surface area (Å²) in [5, 5.41) is 0. The first-order chi connectivity index (χ1) is 11.0. The van der Waals surface area contributed by atoms with Crippen LogP contribution < -0.4 is 14.2 Å². The summed E-state index contributed by atoms with van der Waals surface area (Å²) in [4.78, 5) is 0.174. The highest BCUT2D eigenvalue weighted by Crippen LogP contribution is 2.21. The van der Waals surface area contributed by atoms with Crippen LogP contribution in [0.1, 0.15) is 6.92 Å². The van der Waals surface area contributed by atoms with Gasteiger partial charge in [0, 0.05) is 5.69 Å². The van der Waals surface area contributed by atoms with Crippen molar-refractivity contribution < 1.29 is 17.9 Å². The summed E-state index contributed by atoms with van der Waals surface area (Å²) in [6, 6.07) is 13.0. The van der Waals surface area contributed by atoms with Gasteiger partial charge in [-0.3, -0.25) is 4.72 Å². The summed E-state index contributed by atoms with van der Waals surface area (Å²) < 4.78 is 37.8. The molecule has 0 heterocycles. The Kier molecular flexibility index (Phi) is 5.65. The van der Waals surface area contributed by atoms with Gasteiger partial charge in [-0.2, -0.15) is 0 Å². The Hall–Kier alpha value is -2.47. The summed E-state index contributed by atoms with van der Waals surface area (Å²) in [5.74, 6) is 1.28. The predicted molar refractivity (Wildman–Crippen MR) is 90.6 cm³/mol. The van der Waals surface area contributed by atoms with E-state index in [2.05, 4.69) is 11.3 Å². The molecule has 5 nitrogen and oxygen atoms in total. The van der Waals surface area contributed by atoms with Crippen molar-refractivity contribution in [3.63, 3.8) is 0 Å². The van der Waals surface area contributed by atoms with Crippen molar-refractivity contribution in [1.82, 2.24) is 0 Å². The minimum Gasteiger partial charge on any atom is -0.494 e. The topological polar surface area (TPSA) is 64.6 Å². The van der Waals surface area contributed by atoms with Gasteiger partial charge in [0.25, 0.3) is 10.0 Å². The third-order valence-corrected chi connectivity index (χ3v) is 4.32. The second kappa shape index (κ2) is 7.69. The van der Waals surface area contributed by atoms with Gasteiger partial charge in [0.15, 0.2) is 0 Å². The number of ether oxygens (including phenoxy) is 2. The molecule has 0 aromatic heterocycles. The van der Waals surface area contributed by atoms with Gasteiger partial charge in [-0.05, 0) is 55.5 Å². The number of sulfonamides is 1. The molecular weight excluding hydrogens is 314 g/mol. The Bertz CT molecular complexity index is 737. The van der Waals surface area contributed by atoms with Crippen LogP contribution in [0, 0.1) is 0 Å². The summed E-state index contributed by atoms with van der Waals surface area (Å²) in [5.41, 5.74) is 0.463. The van der Waals surface area contributed by atoms with E-state index < -0.39 is 10.0 Å². The third-order valence-electron chi connectivity index (χ3n) is 2.92. The van der Waals surface area contributed by atoms with Gasteiger partial charge in [0.1, 0.15) is 18.1 Å². The predicted octanol–water partition coefficient (Wildman–Crippen LogP) is 3.45. The highest BCUT2D eigenvalue weighted by molar-refractivity contribution is 7.92. The number of nitrogens with one attached hydrogen (secondary N) is 1. The van der Waals surface area contributed by atoms with Gasteiger partial charge >= 0.3 is 0 Å². The van der Waals surface area contributed by atoms with Crippen molar-refractivity contribution in [3.8, 4) is 11.5 Å². The van der Waals surface area contributed by atoms with Crippen LogP contribution in [0.3, 0.4) is 0 Å². The van der Waals surface area contributed by atoms with Gasteiger partial charge < -0.3 is 9.47 Å². The number of hydrogen-bond acceptors (Lipinski definition) is 4. The summed E-state index contributed by atoms with van der Waals surface area (Å²) >= 11 is 0. The Labute approximate surface area is 136 Å². The molecule has 0 amide bonds. The van der Waals surface area contributed by atoms with Crippen LogP contribution >= 0.6 is 0 Å². The summed E-state index contributed by atoms with van der Waals surface area (Å²) in [6.07, 6.45) is 1.64. The standard InChI is InChI=1S/C17H19NO4S/c1-3-13-22-16-7-5-14(6-8-16)18-23(19,20)17-11-9-15(10-12-17)21-4-2/h3,5-12,18H,1,4,13H2,2H3. The SMILES string of the molecule is C=CCOc1ccc(NS(=O)(=O)c2ccc(OCC)cc2)cc1. The van der Waals surface area contributed by atoms with Gasteiger partial charge in [-0.15, -0.1) is 0 Å². The van der Waals surface area contributed by atoms with Gasteiger partial charge in [-0.25, -0.2) is 8.42 Å². The number of anilines is 1. The molecule has 122 valence electrons. The molecule has 2 aromatic rings. The van der Waals surface area contributed by atoms with Gasteiger partial charge in [0.2, 0.25) is 0 Å². The number of hydrogen-bond donors (Lipinski definition) is 1. The number of benzene rings is 2. The van der Waals surface area contributed by atoms with Crippen molar-refractivity contribution >= 4 is 15.7 Å². The molecule has 0 unspecified atom stereocenters. The lowest BCUT2D eigenvalue weighted by Crippen LogP contribution is -2.12. The van der Waals surface area contributed by atoms with Crippen molar-refractivity contribution in [2.75, 3.05) is 17.9 Å². The first-order valence-corrected chi connectivity index (χ1v) is 8.63. The van der Waals surface area contributed by atoms with Gasteiger partial charge in [-0.1, -0.05) is 12.7 Å². The Balaban J connectivity index is 2.09. The molecule has 0 aliphatic carbocycles. The fourth-order valence-corrected chi connectivity index (χ4v) is 2.93. The number of rotatable bonds is 8. The molecule has 0 bridgehead atoms. The smallest absolute Gasteiger partial charge is 0.261 e. The molecule has 2 rings (SSSR count). The lowest BCUT2D eigenvalue weighted by atomic mass is 10.3. The molecule has 0 aliphatic rings. The normalized spacial score (nSPS) is 10.8. The Morgan fingerprint density at radius 3 is 2.13 bits per heavy atom. The monoisotopic (exact) mass is 333 g/mol. The van der Waals surface area contributed by atoms with E-state index in [9.17, 15) is 8.42 Å². The highest BCUT2D eigenvalue weighted by atomic mass is 32.2. The van der Waals surface area contributed by atoms with E-state index in [-0.39, 0.29) is 4.90 Å². The maximum absolute atomic E-state index is 12.3. The minimum atomic E-state index is -3.64. The van der Waals surface area contributed by atoms with Crippen LogP contribution in [0.5, 0.6) is 11.5 Å². The van der Waals surface area contributed by atoms with E-state index in [1.54, 1.807) is 42.5 Å². The zero-order valence-corrected chi connectivity index (χ0v) is 13.7. The first-order valence-electron chi connectivity index (χ1n) is 7.14. The van der Waals surface area contributed by atoms with E-state index in [4.69, 9.17) is 9.47 Å². The van der Waals surface area contributed by atoms with Crippen LogP contribution in [0.4, 0.5) is 5.69 Å². The lowest BCUT2D eigenvalue weighted by Gasteiger charge is -2.10. The van der Waals surface area contributed by atoms with Crippen LogP contribution in [0.2, 0.25) is 0 Å². The van der Waals surface area contributed by atoms with Crippen molar-refractivity contribution in [3.05, 3.63) is 61.2 Å². The minimum absolute atomic E-state index is 0.174. The molecule has 23 heavy (non-hydrogen) atoms. The first kappa shape index (κ1) is 16.9. The molecule has 0 atom stereocenters. The largest absolute Gasteiger partial charge is 0.494 e. The van der Waals surface area contributed by atoms with Crippen LogP contribution in [0.15, 0.2) is 66.1 Å². The zero-order chi connectivity index (χ0) is 16.7. The highest BCUT2D eigenvalue weighted by Gasteiger charge is 2.14. The van der Waals surface area contributed by atoms with Gasteiger partial charge in [0.05, 0.1) is 11.5 Å². The second-order valence-corrected chi connectivity index (χ2v) is 6.32. The van der Waals surface area contributed by atoms with Crippen molar-refractivity contribution in [1.29, 1.82) is 0 Å². The van der Waals surface area contributed by atoms with E-state index in [1.807, 2.05) is 6.92 Å². The Morgan fingerprint density at radius 1 is 1.00 bits per heavy atom. The molecule has 0 fully saturated rings. The molecule has 0 saturated heterocycles. The summed E-state index contributed by atoms with van der Waals surface area (Å²) in [6.45, 7) is 6.37. The average Bonchev–Trinajstić information content (AvgIpc) is 2.55.